The fourth-order valence-electron chi connectivity index (χ4n) is 3.17. The summed E-state index contributed by atoms with van der Waals surface area (Å²) in [5.41, 5.74) is 2.77. The highest BCUT2D eigenvalue weighted by Crippen LogP contribution is 2.33. The van der Waals surface area contributed by atoms with E-state index in [0.717, 1.165) is 16.0 Å². The molecule has 0 aliphatic carbocycles. The number of allylic oxidation sites excluding steroid dienone is 1. The summed E-state index contributed by atoms with van der Waals surface area (Å²) >= 11 is 1.63. The molecule has 0 aromatic heterocycles. The Labute approximate surface area is 190 Å². The molecule has 0 amide bonds. The van der Waals surface area contributed by atoms with E-state index in [-0.39, 0.29) is 17.9 Å². The molecule has 0 aliphatic heterocycles. The second-order valence-corrected chi connectivity index (χ2v) is 9.59. The molecule has 0 spiro atoms. The maximum absolute atomic E-state index is 12.8. The van der Waals surface area contributed by atoms with Gasteiger partial charge in [0.2, 0.25) is 0 Å². The fraction of sp³-hybridized carbons (Fsp3) is 0.385. The second-order valence-electron chi connectivity index (χ2n) is 8.71. The van der Waals surface area contributed by atoms with Crippen LogP contribution in [0.4, 0.5) is 0 Å². The van der Waals surface area contributed by atoms with Crippen molar-refractivity contribution in [1.29, 1.82) is 0 Å². The van der Waals surface area contributed by atoms with Crippen LogP contribution in [0.25, 0.3) is 6.08 Å². The van der Waals surface area contributed by atoms with Gasteiger partial charge in [-0.2, -0.15) is 0 Å². The normalized spacial score (nSPS) is 11.8. The lowest BCUT2D eigenvalue weighted by Gasteiger charge is -2.23. The summed E-state index contributed by atoms with van der Waals surface area (Å²) in [5.74, 6) is 0.120. The molecule has 0 radical (unpaired) electrons. The van der Waals surface area contributed by atoms with E-state index in [1.165, 1.54) is 0 Å². The van der Waals surface area contributed by atoms with Crippen LogP contribution in [0.3, 0.4) is 0 Å². The number of thioether (sulfide) groups is 1. The molecule has 0 bridgehead atoms. The van der Waals surface area contributed by atoms with Gasteiger partial charge in [-0.15, -0.1) is 11.8 Å². The van der Waals surface area contributed by atoms with Crippen molar-refractivity contribution in [3.05, 3.63) is 64.2 Å². The minimum Gasteiger partial charge on any atom is -0.490 e. The van der Waals surface area contributed by atoms with Gasteiger partial charge in [-0.25, -0.2) is 4.79 Å². The average molecular weight is 441 g/mol. The van der Waals surface area contributed by atoms with E-state index in [0.29, 0.717) is 22.4 Å². The minimum atomic E-state index is -0.591. The lowest BCUT2D eigenvalue weighted by atomic mass is 9.96. The van der Waals surface area contributed by atoms with Gasteiger partial charge >= 0.3 is 5.97 Å². The number of carbonyl (C=O) groups is 2. The molecule has 0 saturated carbocycles. The number of hydrogen-bond donors (Lipinski definition) is 0. The lowest BCUT2D eigenvalue weighted by molar-refractivity contribution is 0.00671. The number of rotatable bonds is 7. The summed E-state index contributed by atoms with van der Waals surface area (Å²) in [6, 6.07) is 9.38. The predicted molar refractivity (Wildman–Crippen MR) is 128 cm³/mol. The van der Waals surface area contributed by atoms with E-state index >= 15 is 0 Å². The monoisotopic (exact) mass is 440 g/mol. The van der Waals surface area contributed by atoms with Crippen LogP contribution in [0.5, 0.6) is 5.75 Å². The van der Waals surface area contributed by atoms with Crippen LogP contribution >= 0.6 is 11.8 Å². The first kappa shape index (κ1) is 24.7. The van der Waals surface area contributed by atoms with Crippen molar-refractivity contribution in [1.82, 2.24) is 0 Å². The van der Waals surface area contributed by atoms with Crippen LogP contribution in [0.1, 0.15) is 72.0 Å². The van der Waals surface area contributed by atoms with E-state index in [4.69, 9.17) is 9.47 Å². The van der Waals surface area contributed by atoms with Gasteiger partial charge in [0.05, 0.1) is 11.7 Å². The maximum atomic E-state index is 12.8. The third-order valence-electron chi connectivity index (χ3n) is 4.49. The van der Waals surface area contributed by atoms with E-state index in [2.05, 4.69) is 0 Å². The van der Waals surface area contributed by atoms with Crippen LogP contribution in [0, 0.1) is 13.8 Å². The number of benzene rings is 2. The van der Waals surface area contributed by atoms with Crippen LogP contribution < -0.4 is 4.74 Å². The first-order valence-electron chi connectivity index (χ1n) is 10.3. The Hall–Kier alpha value is -2.53. The number of aryl methyl sites for hydroxylation is 1. The number of hydrogen-bond acceptors (Lipinski definition) is 5. The molecule has 5 heteroatoms. The van der Waals surface area contributed by atoms with Crippen molar-refractivity contribution in [2.24, 2.45) is 0 Å². The predicted octanol–water partition coefficient (Wildman–Crippen LogP) is 6.66. The number of ketones is 1. The van der Waals surface area contributed by atoms with Crippen molar-refractivity contribution in [3.63, 3.8) is 0 Å². The molecular weight excluding hydrogens is 408 g/mol. The molecule has 0 unspecified atom stereocenters. The van der Waals surface area contributed by atoms with Gasteiger partial charge in [-0.3, -0.25) is 4.79 Å². The molecule has 0 fully saturated rings. The van der Waals surface area contributed by atoms with Crippen molar-refractivity contribution in [2.75, 3.05) is 6.26 Å². The first-order chi connectivity index (χ1) is 14.4. The molecule has 0 N–H and O–H groups in total. The lowest BCUT2D eigenvalue weighted by Crippen LogP contribution is -2.25. The Kier molecular flexibility index (Phi) is 8.13. The van der Waals surface area contributed by atoms with Crippen LogP contribution in [-0.2, 0) is 4.74 Å². The number of carbonyl (C=O) groups excluding carboxylic acids is 2. The summed E-state index contributed by atoms with van der Waals surface area (Å²) in [5, 5.41) is 0. The van der Waals surface area contributed by atoms with Crippen LogP contribution in [0.2, 0.25) is 0 Å². The van der Waals surface area contributed by atoms with Gasteiger partial charge in [-0.05, 0) is 103 Å². The summed E-state index contributed by atoms with van der Waals surface area (Å²) < 4.78 is 11.6. The van der Waals surface area contributed by atoms with Crippen LogP contribution in [0.15, 0.2) is 41.3 Å². The van der Waals surface area contributed by atoms with Gasteiger partial charge in [0, 0.05) is 21.6 Å². The molecule has 166 valence electrons. The highest BCUT2D eigenvalue weighted by molar-refractivity contribution is 7.98. The van der Waals surface area contributed by atoms with E-state index in [1.807, 2.05) is 85.1 Å². The molecule has 2 aromatic rings. The van der Waals surface area contributed by atoms with E-state index in [1.54, 1.807) is 23.9 Å². The Morgan fingerprint density at radius 2 is 1.68 bits per heavy atom. The number of esters is 1. The Morgan fingerprint density at radius 3 is 2.19 bits per heavy atom. The van der Waals surface area contributed by atoms with Gasteiger partial charge in [0.15, 0.2) is 5.78 Å². The van der Waals surface area contributed by atoms with Gasteiger partial charge in [0.25, 0.3) is 0 Å². The van der Waals surface area contributed by atoms with Gasteiger partial charge in [0.1, 0.15) is 11.4 Å². The maximum Gasteiger partial charge on any atom is 0.339 e. The standard InChI is InChI=1S/C26H32O4S/c1-16(2)29-24-18(4)23(25(28)30-26(5,6)7)17(3)15-20(24)11-14-22(27)19-9-12-21(31-8)13-10-19/h9-16H,1-8H3/b14-11+. The topological polar surface area (TPSA) is 52.6 Å². The average Bonchev–Trinajstić information content (AvgIpc) is 2.67. The van der Waals surface area contributed by atoms with E-state index < -0.39 is 5.60 Å². The summed E-state index contributed by atoms with van der Waals surface area (Å²) in [7, 11) is 0. The fourth-order valence-corrected chi connectivity index (χ4v) is 3.58. The zero-order valence-electron chi connectivity index (χ0n) is 19.7. The van der Waals surface area contributed by atoms with Gasteiger partial charge < -0.3 is 9.47 Å². The van der Waals surface area contributed by atoms with Crippen molar-refractivity contribution in [2.45, 2.75) is 65.1 Å². The summed E-state index contributed by atoms with van der Waals surface area (Å²) in [4.78, 5) is 26.6. The largest absolute Gasteiger partial charge is 0.490 e. The molecular formula is C26H32O4S. The molecule has 4 nitrogen and oxygen atoms in total. The highest BCUT2D eigenvalue weighted by Gasteiger charge is 2.24. The zero-order chi connectivity index (χ0) is 23.3. The van der Waals surface area contributed by atoms with Crippen molar-refractivity contribution >= 4 is 29.6 Å². The molecule has 2 aromatic carbocycles. The Morgan fingerprint density at radius 1 is 1.06 bits per heavy atom. The third kappa shape index (κ3) is 6.73. The Bertz CT molecular complexity index is 980. The quantitative estimate of drug-likeness (QED) is 0.208. The smallest absolute Gasteiger partial charge is 0.339 e. The van der Waals surface area contributed by atoms with E-state index in [9.17, 15) is 9.59 Å². The number of ether oxygens (including phenoxy) is 2. The molecule has 0 atom stereocenters. The Balaban J connectivity index is 2.45. The highest BCUT2D eigenvalue weighted by atomic mass is 32.2. The van der Waals surface area contributed by atoms with Crippen molar-refractivity contribution in [3.8, 4) is 5.75 Å². The third-order valence-corrected chi connectivity index (χ3v) is 5.23. The van der Waals surface area contributed by atoms with Crippen molar-refractivity contribution < 1.29 is 19.1 Å². The molecule has 0 saturated heterocycles. The van der Waals surface area contributed by atoms with Gasteiger partial charge in [-0.1, -0.05) is 0 Å². The zero-order valence-corrected chi connectivity index (χ0v) is 20.5. The second kappa shape index (κ2) is 10.2. The minimum absolute atomic E-state index is 0.0881. The molecule has 2 rings (SSSR count). The van der Waals surface area contributed by atoms with Crippen LogP contribution in [-0.4, -0.2) is 29.7 Å². The summed E-state index contributed by atoms with van der Waals surface area (Å²) in [6.07, 6.45) is 5.21. The molecule has 0 aliphatic rings. The first-order valence-corrected chi connectivity index (χ1v) is 11.6. The molecule has 31 heavy (non-hydrogen) atoms. The molecule has 0 heterocycles. The SMILES string of the molecule is CSc1ccc(C(=O)/C=C/c2cc(C)c(C(=O)OC(C)(C)C)c(C)c2OC(C)C)cc1. The summed E-state index contributed by atoms with van der Waals surface area (Å²) in [6.45, 7) is 13.1.